The summed E-state index contributed by atoms with van der Waals surface area (Å²) in [7, 11) is 0. The number of hydrogen-bond acceptors (Lipinski definition) is 3. The highest BCUT2D eigenvalue weighted by Crippen LogP contribution is 2.54. The number of nitrogens with one attached hydrogen (secondary N) is 1. The third kappa shape index (κ3) is 3.91. The lowest BCUT2D eigenvalue weighted by molar-refractivity contribution is -0.145. The standard InChI is InChI=1S/C16H30N2O2.ClH/c1-4-20-14-10-13(16(14)7-5-6-8-16)18-15(19)12(17)9-11(2)3;/h11-14H,4-10,17H2,1-3H3,(H,18,19);1H/t12-,13?,14?;/m0./s1. The van der Waals surface area contributed by atoms with Crippen molar-refractivity contribution in [2.75, 3.05) is 6.61 Å². The van der Waals surface area contributed by atoms with Gasteiger partial charge in [-0.15, -0.1) is 12.4 Å². The molecule has 4 nitrogen and oxygen atoms in total. The molecule has 0 aliphatic heterocycles. The summed E-state index contributed by atoms with van der Waals surface area (Å²) in [5, 5.41) is 3.20. The maximum Gasteiger partial charge on any atom is 0.237 e. The van der Waals surface area contributed by atoms with Gasteiger partial charge in [-0.05, 0) is 38.5 Å². The maximum atomic E-state index is 12.2. The summed E-state index contributed by atoms with van der Waals surface area (Å²) in [6.07, 6.45) is 6.92. The number of nitrogens with two attached hydrogens (primary N) is 1. The first kappa shape index (κ1) is 18.7. The van der Waals surface area contributed by atoms with Gasteiger partial charge in [0.15, 0.2) is 0 Å². The average Bonchev–Trinajstić information content (AvgIpc) is 2.88. The number of hydrogen-bond donors (Lipinski definition) is 2. The Balaban J connectivity index is 0.00000220. The summed E-state index contributed by atoms with van der Waals surface area (Å²) < 4.78 is 5.87. The SMILES string of the molecule is CCOC1CC(NC(=O)[C@@H](N)CC(C)C)C12CCCC2.Cl. The molecular weight excluding hydrogens is 288 g/mol. The fraction of sp³-hybridized carbons (Fsp3) is 0.938. The molecule has 0 radical (unpaired) electrons. The summed E-state index contributed by atoms with van der Waals surface area (Å²) in [4.78, 5) is 12.2. The van der Waals surface area contributed by atoms with Crippen LogP contribution in [0.25, 0.3) is 0 Å². The predicted molar refractivity (Wildman–Crippen MR) is 87.5 cm³/mol. The Bertz CT molecular complexity index is 343. The van der Waals surface area contributed by atoms with Crippen LogP contribution < -0.4 is 11.1 Å². The van der Waals surface area contributed by atoms with Crippen LogP contribution in [-0.2, 0) is 9.53 Å². The Morgan fingerprint density at radius 3 is 2.52 bits per heavy atom. The van der Waals surface area contributed by atoms with Crippen LogP contribution in [0.4, 0.5) is 0 Å². The molecule has 2 aliphatic rings. The number of halogens is 1. The van der Waals surface area contributed by atoms with Crippen LogP contribution in [0.15, 0.2) is 0 Å². The second-order valence-electron chi connectivity index (χ2n) is 6.92. The molecule has 1 amide bonds. The number of rotatable bonds is 6. The molecule has 2 fully saturated rings. The van der Waals surface area contributed by atoms with Crippen LogP contribution in [0, 0.1) is 11.3 Å². The molecule has 2 saturated carbocycles. The largest absolute Gasteiger partial charge is 0.378 e. The lowest BCUT2D eigenvalue weighted by atomic mass is 9.60. The van der Waals surface area contributed by atoms with Crippen molar-refractivity contribution in [3.63, 3.8) is 0 Å². The summed E-state index contributed by atoms with van der Waals surface area (Å²) in [5.74, 6) is 0.471. The lowest BCUT2D eigenvalue weighted by Crippen LogP contribution is -2.65. The highest BCUT2D eigenvalue weighted by molar-refractivity contribution is 5.85. The van der Waals surface area contributed by atoms with Crippen LogP contribution in [-0.4, -0.2) is 30.7 Å². The molecule has 2 rings (SSSR count). The minimum atomic E-state index is -0.375. The molecule has 0 heterocycles. The first-order chi connectivity index (χ1) is 9.49. The van der Waals surface area contributed by atoms with Crippen molar-refractivity contribution in [3.8, 4) is 0 Å². The first-order valence-electron chi connectivity index (χ1n) is 8.17. The van der Waals surface area contributed by atoms with Crippen LogP contribution >= 0.6 is 12.4 Å². The van der Waals surface area contributed by atoms with Crippen LogP contribution in [0.5, 0.6) is 0 Å². The molecule has 1 spiro atoms. The van der Waals surface area contributed by atoms with Crippen molar-refractivity contribution in [1.29, 1.82) is 0 Å². The van der Waals surface area contributed by atoms with E-state index in [4.69, 9.17) is 10.5 Å². The molecule has 0 aromatic carbocycles. The van der Waals surface area contributed by atoms with Gasteiger partial charge in [-0.3, -0.25) is 4.79 Å². The molecule has 0 aromatic rings. The third-order valence-corrected chi connectivity index (χ3v) is 5.07. The van der Waals surface area contributed by atoms with Gasteiger partial charge in [0.05, 0.1) is 12.1 Å². The van der Waals surface area contributed by atoms with Gasteiger partial charge in [0.1, 0.15) is 0 Å². The predicted octanol–water partition coefficient (Wildman–Crippen LogP) is 2.64. The fourth-order valence-electron chi connectivity index (χ4n) is 3.98. The molecule has 5 heteroatoms. The van der Waals surface area contributed by atoms with Crippen molar-refractivity contribution in [2.45, 2.75) is 77.5 Å². The molecule has 0 saturated heterocycles. The van der Waals surface area contributed by atoms with Crippen molar-refractivity contribution in [3.05, 3.63) is 0 Å². The van der Waals surface area contributed by atoms with E-state index in [0.717, 1.165) is 19.4 Å². The lowest BCUT2D eigenvalue weighted by Gasteiger charge is -2.54. The van der Waals surface area contributed by atoms with E-state index in [9.17, 15) is 4.79 Å². The van der Waals surface area contributed by atoms with E-state index in [0.29, 0.717) is 12.0 Å². The molecule has 21 heavy (non-hydrogen) atoms. The quantitative estimate of drug-likeness (QED) is 0.791. The Morgan fingerprint density at radius 2 is 2.00 bits per heavy atom. The molecule has 0 bridgehead atoms. The monoisotopic (exact) mass is 318 g/mol. The van der Waals surface area contributed by atoms with Gasteiger partial charge in [0.25, 0.3) is 0 Å². The highest BCUT2D eigenvalue weighted by atomic mass is 35.5. The zero-order valence-electron chi connectivity index (χ0n) is 13.6. The summed E-state index contributed by atoms with van der Waals surface area (Å²) in [6, 6.07) is -0.105. The third-order valence-electron chi connectivity index (χ3n) is 5.07. The molecule has 124 valence electrons. The van der Waals surface area contributed by atoms with Gasteiger partial charge < -0.3 is 15.8 Å². The van der Waals surface area contributed by atoms with Crippen LogP contribution in [0.2, 0.25) is 0 Å². The second kappa shape index (κ2) is 7.80. The van der Waals surface area contributed by atoms with Gasteiger partial charge in [-0.25, -0.2) is 0 Å². The van der Waals surface area contributed by atoms with Crippen molar-refractivity contribution in [2.24, 2.45) is 17.1 Å². The molecule has 3 atom stereocenters. The number of carbonyl (C=O) groups is 1. The molecule has 0 aromatic heterocycles. The molecular formula is C16H31ClN2O2. The van der Waals surface area contributed by atoms with E-state index >= 15 is 0 Å². The van der Waals surface area contributed by atoms with Crippen molar-refractivity contribution < 1.29 is 9.53 Å². The van der Waals surface area contributed by atoms with E-state index in [-0.39, 0.29) is 35.8 Å². The van der Waals surface area contributed by atoms with Crippen molar-refractivity contribution in [1.82, 2.24) is 5.32 Å². The van der Waals surface area contributed by atoms with E-state index in [1.54, 1.807) is 0 Å². The van der Waals surface area contributed by atoms with Gasteiger partial charge >= 0.3 is 0 Å². The average molecular weight is 319 g/mol. The maximum absolute atomic E-state index is 12.2. The van der Waals surface area contributed by atoms with E-state index < -0.39 is 0 Å². The van der Waals surface area contributed by atoms with Gasteiger partial charge in [0.2, 0.25) is 5.91 Å². The smallest absolute Gasteiger partial charge is 0.237 e. The van der Waals surface area contributed by atoms with Gasteiger partial charge in [-0.1, -0.05) is 26.7 Å². The number of carbonyl (C=O) groups excluding carboxylic acids is 1. The van der Waals surface area contributed by atoms with Gasteiger partial charge in [0, 0.05) is 18.1 Å². The Hall–Kier alpha value is -0.320. The topological polar surface area (TPSA) is 64.3 Å². The molecule has 2 aliphatic carbocycles. The normalized spacial score (nSPS) is 28.0. The van der Waals surface area contributed by atoms with Crippen LogP contribution in [0.1, 0.15) is 59.3 Å². The minimum Gasteiger partial charge on any atom is -0.378 e. The second-order valence-corrected chi connectivity index (χ2v) is 6.92. The number of ether oxygens (including phenoxy) is 1. The zero-order chi connectivity index (χ0) is 14.8. The molecule has 2 unspecified atom stereocenters. The first-order valence-corrected chi connectivity index (χ1v) is 8.17. The van der Waals surface area contributed by atoms with Crippen molar-refractivity contribution >= 4 is 18.3 Å². The highest BCUT2D eigenvalue weighted by Gasteiger charge is 2.57. The Labute approximate surface area is 135 Å². The molecule has 3 N–H and O–H groups in total. The van der Waals surface area contributed by atoms with Crippen LogP contribution in [0.3, 0.4) is 0 Å². The van der Waals surface area contributed by atoms with E-state index in [2.05, 4.69) is 19.2 Å². The Kier molecular flexibility index (Phi) is 6.95. The summed E-state index contributed by atoms with van der Waals surface area (Å²) >= 11 is 0. The van der Waals surface area contributed by atoms with Gasteiger partial charge in [-0.2, -0.15) is 0 Å². The fourth-order valence-corrected chi connectivity index (χ4v) is 3.98. The zero-order valence-corrected chi connectivity index (χ0v) is 14.4. The van der Waals surface area contributed by atoms with E-state index in [1.807, 2.05) is 6.92 Å². The number of amides is 1. The minimum absolute atomic E-state index is 0. The Morgan fingerprint density at radius 1 is 1.38 bits per heavy atom. The summed E-state index contributed by atoms with van der Waals surface area (Å²) in [6.45, 7) is 7.01. The van der Waals surface area contributed by atoms with E-state index in [1.165, 1.54) is 25.7 Å². The summed E-state index contributed by atoms with van der Waals surface area (Å²) in [5.41, 5.74) is 6.18.